The molecule has 0 fully saturated rings. The molecule has 0 amide bonds. The number of nitrogens with zero attached hydrogens (tertiary/aromatic N) is 1. The molecule has 0 aromatic heterocycles. The van der Waals surface area contributed by atoms with Gasteiger partial charge in [0, 0.05) is 6.08 Å². The molecule has 0 aromatic rings. The van der Waals surface area contributed by atoms with Crippen molar-refractivity contribution in [3.05, 3.63) is 47.4 Å². The van der Waals surface area contributed by atoms with Crippen LogP contribution in [0.3, 0.4) is 0 Å². The first-order valence-corrected chi connectivity index (χ1v) is 5.66. The molecule has 0 radical (unpaired) electrons. The average Bonchev–Trinajstić information content (AvgIpc) is 2.37. The highest BCUT2D eigenvalue weighted by Gasteiger charge is 2.32. The van der Waals surface area contributed by atoms with Gasteiger partial charge in [0.15, 0.2) is 0 Å². The number of rotatable bonds is 1. The van der Waals surface area contributed by atoms with Gasteiger partial charge in [-0.15, -0.1) is 0 Å². The second-order valence-corrected chi connectivity index (χ2v) is 4.35. The second kappa shape index (κ2) is 3.94. The Morgan fingerprint density at radius 2 is 2.21 bits per heavy atom. The fourth-order valence-corrected chi connectivity index (χ4v) is 2.08. The zero-order chi connectivity index (χ0) is 13.6. The third-order valence-electron chi connectivity index (χ3n) is 3.04. The van der Waals surface area contributed by atoms with E-state index in [1.165, 1.54) is 24.3 Å². The van der Waals surface area contributed by atoms with Crippen LogP contribution >= 0.6 is 0 Å². The number of ether oxygens (including phenoxy) is 1. The summed E-state index contributed by atoms with van der Waals surface area (Å²) in [5, 5.41) is 8.94. The summed E-state index contributed by atoms with van der Waals surface area (Å²) >= 11 is 0. The van der Waals surface area contributed by atoms with Crippen molar-refractivity contribution in [2.24, 2.45) is 10.7 Å². The molecule has 0 saturated heterocycles. The van der Waals surface area contributed by atoms with Crippen molar-refractivity contribution in [1.29, 1.82) is 0 Å². The smallest absolute Gasteiger partial charge is 0.335 e. The normalized spacial score (nSPS) is 28.1. The summed E-state index contributed by atoms with van der Waals surface area (Å²) in [7, 11) is 0. The largest absolute Gasteiger partial charge is 0.481 e. The van der Waals surface area contributed by atoms with Crippen molar-refractivity contribution < 1.29 is 19.4 Å². The second-order valence-electron chi connectivity index (χ2n) is 4.35. The maximum absolute atomic E-state index is 11.4. The van der Waals surface area contributed by atoms with Crippen LogP contribution in [0.25, 0.3) is 0 Å². The summed E-state index contributed by atoms with van der Waals surface area (Å²) in [5.74, 6) is -0.948. The molecule has 6 heteroatoms. The van der Waals surface area contributed by atoms with Crippen molar-refractivity contribution in [1.82, 2.24) is 0 Å². The van der Waals surface area contributed by atoms with Crippen molar-refractivity contribution >= 4 is 17.5 Å². The van der Waals surface area contributed by atoms with Gasteiger partial charge in [-0.05, 0) is 24.3 Å². The van der Waals surface area contributed by atoms with E-state index in [0.717, 1.165) is 0 Å². The van der Waals surface area contributed by atoms with Gasteiger partial charge in [0.2, 0.25) is 5.78 Å². The van der Waals surface area contributed by atoms with Gasteiger partial charge in [0.1, 0.15) is 23.6 Å². The number of allylic oxidation sites excluding steroid dienone is 2. The minimum atomic E-state index is -1.01. The molecule has 1 aliphatic heterocycles. The lowest BCUT2D eigenvalue weighted by atomic mass is 9.97. The first-order chi connectivity index (χ1) is 9.04. The number of carboxylic acid groups (broad SMARTS) is 1. The SMILES string of the molecule is NC1=CC2=NC3C=C(C(=O)O)C=CC3OC2=CC1=O. The molecular weight excluding hydrogens is 248 g/mol. The zero-order valence-corrected chi connectivity index (χ0v) is 9.74. The first kappa shape index (κ1) is 11.5. The topological polar surface area (TPSA) is 102 Å². The van der Waals surface area contributed by atoms with Gasteiger partial charge in [-0.1, -0.05) is 0 Å². The molecule has 1 heterocycles. The third kappa shape index (κ3) is 1.87. The lowest BCUT2D eigenvalue weighted by molar-refractivity contribution is -0.132. The molecule has 2 atom stereocenters. The van der Waals surface area contributed by atoms with Gasteiger partial charge in [0.25, 0.3) is 0 Å². The lowest BCUT2D eigenvalue weighted by Crippen LogP contribution is -2.35. The van der Waals surface area contributed by atoms with Crippen molar-refractivity contribution in [2.75, 3.05) is 0 Å². The summed E-state index contributed by atoms with van der Waals surface area (Å²) in [6.45, 7) is 0. The molecule has 3 aliphatic rings. The van der Waals surface area contributed by atoms with E-state index in [1.54, 1.807) is 6.08 Å². The van der Waals surface area contributed by atoms with Crippen LogP contribution in [0.1, 0.15) is 0 Å². The summed E-state index contributed by atoms with van der Waals surface area (Å²) in [4.78, 5) is 26.7. The Kier molecular flexibility index (Phi) is 2.38. The molecule has 0 saturated carbocycles. The minimum Gasteiger partial charge on any atom is -0.481 e. The summed E-state index contributed by atoms with van der Waals surface area (Å²) in [5.41, 5.74) is 6.27. The quantitative estimate of drug-likeness (QED) is 0.649. The fourth-order valence-electron chi connectivity index (χ4n) is 2.08. The van der Waals surface area contributed by atoms with Gasteiger partial charge in [0.05, 0.1) is 11.3 Å². The molecule has 19 heavy (non-hydrogen) atoms. The molecule has 6 nitrogen and oxygen atoms in total. The van der Waals surface area contributed by atoms with Crippen LogP contribution < -0.4 is 5.73 Å². The van der Waals surface area contributed by atoms with E-state index in [4.69, 9.17) is 15.6 Å². The Hall–Kier alpha value is -2.63. The van der Waals surface area contributed by atoms with Crippen LogP contribution in [-0.2, 0) is 14.3 Å². The molecule has 2 aliphatic carbocycles. The van der Waals surface area contributed by atoms with Crippen LogP contribution in [0.5, 0.6) is 0 Å². The fraction of sp³-hybridized carbons (Fsp3) is 0.154. The summed E-state index contributed by atoms with van der Waals surface area (Å²) in [6.07, 6.45) is 6.98. The van der Waals surface area contributed by atoms with E-state index in [2.05, 4.69) is 4.99 Å². The Bertz CT molecular complexity index is 637. The van der Waals surface area contributed by atoms with Crippen LogP contribution in [0.15, 0.2) is 52.4 Å². The zero-order valence-electron chi connectivity index (χ0n) is 9.74. The van der Waals surface area contributed by atoms with Crippen molar-refractivity contribution in [3.8, 4) is 0 Å². The molecule has 3 rings (SSSR count). The number of nitrogens with two attached hydrogens (primary N) is 1. The molecule has 0 bridgehead atoms. The number of aliphatic carboxylic acids is 1. The Labute approximate surface area is 108 Å². The maximum Gasteiger partial charge on any atom is 0.335 e. The van der Waals surface area contributed by atoms with Gasteiger partial charge in [-0.2, -0.15) is 0 Å². The summed E-state index contributed by atoms with van der Waals surface area (Å²) in [6, 6.07) is -0.416. The van der Waals surface area contributed by atoms with Crippen LogP contribution in [0.4, 0.5) is 0 Å². The molecule has 2 unspecified atom stereocenters. The monoisotopic (exact) mass is 258 g/mol. The third-order valence-corrected chi connectivity index (χ3v) is 3.04. The predicted octanol–water partition coefficient (Wildman–Crippen LogP) is 0.0848. The molecule has 3 N–H and O–H groups in total. The van der Waals surface area contributed by atoms with E-state index >= 15 is 0 Å². The highest BCUT2D eigenvalue weighted by molar-refractivity contribution is 6.21. The number of hydrogen-bond donors (Lipinski definition) is 2. The number of ketones is 1. The Balaban J connectivity index is 2.00. The number of carbonyl (C=O) groups excluding carboxylic acids is 1. The van der Waals surface area contributed by atoms with E-state index in [1.807, 2.05) is 0 Å². The summed E-state index contributed by atoms with van der Waals surface area (Å²) < 4.78 is 5.63. The predicted molar refractivity (Wildman–Crippen MR) is 66.3 cm³/mol. The number of carbonyl (C=O) groups is 2. The Morgan fingerprint density at radius 1 is 1.42 bits per heavy atom. The molecule has 0 aromatic carbocycles. The van der Waals surface area contributed by atoms with E-state index in [9.17, 15) is 9.59 Å². The number of hydrogen-bond acceptors (Lipinski definition) is 5. The molecule has 0 spiro atoms. The number of aliphatic imine (C=N–C) groups is 1. The Morgan fingerprint density at radius 3 is 2.95 bits per heavy atom. The van der Waals surface area contributed by atoms with Crippen molar-refractivity contribution in [2.45, 2.75) is 12.1 Å². The average molecular weight is 258 g/mol. The first-order valence-electron chi connectivity index (χ1n) is 5.66. The molecule has 96 valence electrons. The van der Waals surface area contributed by atoms with Crippen molar-refractivity contribution in [3.63, 3.8) is 0 Å². The van der Waals surface area contributed by atoms with E-state index in [0.29, 0.717) is 11.5 Å². The van der Waals surface area contributed by atoms with Gasteiger partial charge >= 0.3 is 5.97 Å². The van der Waals surface area contributed by atoms with Gasteiger partial charge in [-0.3, -0.25) is 9.79 Å². The van der Waals surface area contributed by atoms with Gasteiger partial charge < -0.3 is 15.6 Å². The standard InChI is InChI=1S/C13H10N2O4/c14-7-4-9-12(5-10(7)16)19-11-2-1-6(13(17)18)3-8(11)15-9/h1-5,8,11H,14H2,(H,17,18). The van der Waals surface area contributed by atoms with Crippen LogP contribution in [-0.4, -0.2) is 34.7 Å². The van der Waals surface area contributed by atoms with E-state index < -0.39 is 18.1 Å². The van der Waals surface area contributed by atoms with Crippen LogP contribution in [0, 0.1) is 0 Å². The number of carboxylic acids is 1. The maximum atomic E-state index is 11.4. The highest BCUT2D eigenvalue weighted by Crippen LogP contribution is 2.27. The minimum absolute atomic E-state index is 0.0957. The van der Waals surface area contributed by atoms with Gasteiger partial charge in [-0.25, -0.2) is 4.79 Å². The molecular formula is C13H10N2O4. The lowest BCUT2D eigenvalue weighted by Gasteiger charge is -2.30. The van der Waals surface area contributed by atoms with Crippen LogP contribution in [0.2, 0.25) is 0 Å². The highest BCUT2D eigenvalue weighted by atomic mass is 16.5. The van der Waals surface area contributed by atoms with E-state index in [-0.39, 0.29) is 17.1 Å². The number of fused-ring (bicyclic) bond motifs is 2.